The van der Waals surface area contributed by atoms with Crippen LogP contribution >= 0.6 is 16.9 Å². The SMILES string of the molecule is CCS[P@@]1(=S)NC(=NCc2ccccc2)C(C#N)=C2CCCN21. The average Bonchev–Trinajstić information content (AvgIpc) is 3.05. The van der Waals surface area contributed by atoms with E-state index in [1.54, 1.807) is 11.4 Å². The number of fused-ring (bicyclic) bond motifs is 1. The van der Waals surface area contributed by atoms with Crippen molar-refractivity contribution < 1.29 is 0 Å². The van der Waals surface area contributed by atoms with Crippen molar-refractivity contribution in [3.63, 3.8) is 0 Å². The molecule has 1 atom stereocenters. The minimum Gasteiger partial charge on any atom is -0.323 e. The normalized spacial score (nSPS) is 25.2. The number of hydrogen-bond acceptors (Lipinski definition) is 4. The zero-order chi connectivity index (χ0) is 16.3. The van der Waals surface area contributed by atoms with E-state index in [1.165, 1.54) is 0 Å². The molecule has 1 fully saturated rings. The topological polar surface area (TPSA) is 51.4 Å². The van der Waals surface area contributed by atoms with Crippen molar-refractivity contribution in [2.24, 2.45) is 4.99 Å². The second kappa shape index (κ2) is 7.09. The van der Waals surface area contributed by atoms with E-state index in [9.17, 15) is 5.26 Å². The van der Waals surface area contributed by atoms with E-state index in [0.717, 1.165) is 36.4 Å². The van der Waals surface area contributed by atoms with Crippen LogP contribution in [0.15, 0.2) is 46.6 Å². The molecule has 3 rings (SSSR count). The third-order valence-corrected chi connectivity index (χ3v) is 10.5. The number of nitriles is 1. The van der Waals surface area contributed by atoms with Gasteiger partial charge in [-0.1, -0.05) is 48.6 Å². The Hall–Kier alpha value is -1.28. The summed E-state index contributed by atoms with van der Waals surface area (Å²) in [5.41, 5.74) is 0.958. The summed E-state index contributed by atoms with van der Waals surface area (Å²) in [6.45, 7) is 3.64. The van der Waals surface area contributed by atoms with Crippen LogP contribution in [-0.4, -0.2) is 22.8 Å². The van der Waals surface area contributed by atoms with Crippen LogP contribution in [-0.2, 0) is 18.4 Å². The fourth-order valence-electron chi connectivity index (χ4n) is 2.85. The van der Waals surface area contributed by atoms with Gasteiger partial charge in [0.15, 0.2) is 5.54 Å². The van der Waals surface area contributed by atoms with Gasteiger partial charge in [-0.05, 0) is 36.0 Å². The molecular weight excluding hydrogens is 343 g/mol. The van der Waals surface area contributed by atoms with Gasteiger partial charge in [0.1, 0.15) is 17.5 Å². The Balaban J connectivity index is 1.97. The van der Waals surface area contributed by atoms with Crippen LogP contribution in [0.5, 0.6) is 0 Å². The number of hydrogen-bond donors (Lipinski definition) is 1. The van der Waals surface area contributed by atoms with Crippen molar-refractivity contribution in [1.29, 1.82) is 5.26 Å². The highest BCUT2D eigenvalue weighted by molar-refractivity contribution is 8.69. The predicted octanol–water partition coefficient (Wildman–Crippen LogP) is 4.04. The van der Waals surface area contributed by atoms with Gasteiger partial charge in [0, 0.05) is 12.2 Å². The van der Waals surface area contributed by atoms with Gasteiger partial charge in [-0.3, -0.25) is 4.99 Å². The zero-order valence-corrected chi connectivity index (χ0v) is 15.6. The van der Waals surface area contributed by atoms with Crippen molar-refractivity contribution >= 4 is 34.6 Å². The first-order valence-electron chi connectivity index (χ1n) is 7.71. The largest absolute Gasteiger partial charge is 0.323 e. The Kier molecular flexibility index (Phi) is 5.11. The lowest BCUT2D eigenvalue weighted by Crippen LogP contribution is -2.35. The maximum atomic E-state index is 9.62. The molecule has 1 N–H and O–H groups in total. The number of nitrogens with zero attached hydrogens (tertiary/aromatic N) is 3. The molecule has 120 valence electrons. The Morgan fingerprint density at radius 3 is 2.91 bits per heavy atom. The molecule has 2 aliphatic heterocycles. The highest BCUT2D eigenvalue weighted by atomic mass is 32.9. The van der Waals surface area contributed by atoms with Gasteiger partial charge in [0.25, 0.3) is 0 Å². The lowest BCUT2D eigenvalue weighted by Gasteiger charge is -2.39. The summed E-state index contributed by atoms with van der Waals surface area (Å²) in [7, 11) is 0. The molecule has 7 heteroatoms. The van der Waals surface area contributed by atoms with Crippen LogP contribution in [0.25, 0.3) is 0 Å². The molecule has 0 aliphatic carbocycles. The van der Waals surface area contributed by atoms with Crippen molar-refractivity contribution in [1.82, 2.24) is 9.76 Å². The van der Waals surface area contributed by atoms with E-state index in [1.807, 2.05) is 30.3 Å². The monoisotopic (exact) mass is 362 g/mol. The molecule has 0 amide bonds. The molecule has 0 spiro atoms. The molecule has 0 aromatic heterocycles. The van der Waals surface area contributed by atoms with Crippen molar-refractivity contribution in [2.75, 3.05) is 12.3 Å². The zero-order valence-electron chi connectivity index (χ0n) is 13.0. The Labute approximate surface area is 146 Å². The Morgan fingerprint density at radius 2 is 2.22 bits per heavy atom. The lowest BCUT2D eigenvalue weighted by molar-refractivity contribution is 0.632. The summed E-state index contributed by atoms with van der Waals surface area (Å²) < 4.78 is 2.27. The molecule has 0 radical (unpaired) electrons. The van der Waals surface area contributed by atoms with E-state index in [4.69, 9.17) is 16.8 Å². The van der Waals surface area contributed by atoms with E-state index < -0.39 is 5.54 Å². The Morgan fingerprint density at radius 1 is 1.43 bits per heavy atom. The summed E-state index contributed by atoms with van der Waals surface area (Å²) in [5.74, 6) is 1.65. The average molecular weight is 362 g/mol. The molecule has 0 unspecified atom stereocenters. The molecule has 0 saturated carbocycles. The minimum atomic E-state index is -1.95. The molecular formula is C16H19N4PS2. The van der Waals surface area contributed by atoms with E-state index in [2.05, 4.69) is 22.8 Å². The maximum Gasteiger partial charge on any atom is 0.178 e. The number of amidine groups is 1. The van der Waals surface area contributed by atoms with E-state index >= 15 is 0 Å². The van der Waals surface area contributed by atoms with Crippen LogP contribution in [0.4, 0.5) is 0 Å². The third-order valence-electron chi connectivity index (χ3n) is 3.86. The van der Waals surface area contributed by atoms with Gasteiger partial charge in [-0.2, -0.15) is 5.26 Å². The second-order valence-corrected chi connectivity index (χ2v) is 12.6. The first kappa shape index (κ1) is 16.6. The van der Waals surface area contributed by atoms with E-state index in [0.29, 0.717) is 18.0 Å². The van der Waals surface area contributed by atoms with Gasteiger partial charge in [-0.15, -0.1) is 0 Å². The highest BCUT2D eigenvalue weighted by Gasteiger charge is 2.39. The van der Waals surface area contributed by atoms with Crippen LogP contribution in [0.1, 0.15) is 25.3 Å². The van der Waals surface area contributed by atoms with Gasteiger partial charge in [0.05, 0.1) is 6.54 Å². The van der Waals surface area contributed by atoms with Gasteiger partial charge in [-0.25, -0.2) is 0 Å². The summed E-state index contributed by atoms with van der Waals surface area (Å²) in [5, 5.41) is 13.1. The van der Waals surface area contributed by atoms with Crippen LogP contribution < -0.4 is 5.09 Å². The van der Waals surface area contributed by atoms with E-state index in [-0.39, 0.29) is 0 Å². The quantitative estimate of drug-likeness (QED) is 0.819. The fraction of sp³-hybridized carbons (Fsp3) is 0.375. The molecule has 23 heavy (non-hydrogen) atoms. The number of nitrogens with one attached hydrogen (secondary N) is 1. The first-order valence-corrected chi connectivity index (χ1v) is 12.1. The third kappa shape index (κ3) is 3.33. The smallest absolute Gasteiger partial charge is 0.178 e. The van der Waals surface area contributed by atoms with Crippen molar-refractivity contribution in [2.45, 2.75) is 26.3 Å². The van der Waals surface area contributed by atoms with Crippen molar-refractivity contribution in [3.05, 3.63) is 47.2 Å². The van der Waals surface area contributed by atoms with Crippen LogP contribution in [0.3, 0.4) is 0 Å². The van der Waals surface area contributed by atoms with Gasteiger partial charge < -0.3 is 9.76 Å². The second-order valence-electron chi connectivity index (χ2n) is 5.36. The number of aliphatic imine (C=N–C) groups is 1. The standard InChI is InChI=1S/C16H19N4PS2/c1-2-23-21(22)19-16(18-12-13-7-4-3-5-8-13)14(11-17)15-9-6-10-20(15)21/h3-5,7-8H,2,6,9-10,12H2,1H3,(H,18,19,22)/t21-/m0/s1. The van der Waals surface area contributed by atoms with Crippen molar-refractivity contribution in [3.8, 4) is 6.07 Å². The molecule has 0 bridgehead atoms. The summed E-state index contributed by atoms with van der Waals surface area (Å²) >= 11 is 7.75. The fourth-order valence-corrected chi connectivity index (χ4v) is 9.11. The summed E-state index contributed by atoms with van der Waals surface area (Å²) in [4.78, 5) is 4.69. The molecule has 1 aromatic carbocycles. The van der Waals surface area contributed by atoms with Gasteiger partial charge >= 0.3 is 0 Å². The molecule has 1 aromatic rings. The number of allylic oxidation sites excluding steroid dienone is 1. The number of benzene rings is 1. The van der Waals surface area contributed by atoms with Crippen LogP contribution in [0.2, 0.25) is 0 Å². The highest BCUT2D eigenvalue weighted by Crippen LogP contribution is 2.63. The van der Waals surface area contributed by atoms with Gasteiger partial charge in [0.2, 0.25) is 0 Å². The Bertz CT molecular complexity index is 736. The first-order chi connectivity index (χ1) is 11.2. The van der Waals surface area contributed by atoms with Crippen LogP contribution in [0, 0.1) is 11.3 Å². The number of rotatable bonds is 4. The maximum absolute atomic E-state index is 9.62. The summed E-state index contributed by atoms with van der Waals surface area (Å²) in [6, 6.07) is 12.4. The molecule has 4 nitrogen and oxygen atoms in total. The molecule has 2 heterocycles. The molecule has 2 aliphatic rings. The minimum absolute atomic E-state index is 0.563. The summed E-state index contributed by atoms with van der Waals surface area (Å²) in [6.07, 6.45) is 1.99. The molecule has 1 saturated heterocycles. The predicted molar refractivity (Wildman–Crippen MR) is 102 cm³/mol. The lowest BCUT2D eigenvalue weighted by atomic mass is 10.1.